The van der Waals surface area contributed by atoms with E-state index in [1.807, 2.05) is 31.2 Å². The van der Waals surface area contributed by atoms with Gasteiger partial charge in [-0.3, -0.25) is 9.59 Å². The highest BCUT2D eigenvalue weighted by Gasteiger charge is 2.20. The van der Waals surface area contributed by atoms with Gasteiger partial charge in [0.25, 0.3) is 0 Å². The summed E-state index contributed by atoms with van der Waals surface area (Å²) < 4.78 is 0. The van der Waals surface area contributed by atoms with Crippen molar-refractivity contribution in [2.45, 2.75) is 32.9 Å². The summed E-state index contributed by atoms with van der Waals surface area (Å²) in [5.74, 6) is -0.457. The molecule has 0 saturated carbocycles. The van der Waals surface area contributed by atoms with Crippen LogP contribution in [0.25, 0.3) is 0 Å². The van der Waals surface area contributed by atoms with Crippen LogP contribution in [-0.2, 0) is 22.6 Å². The molecule has 6 heteroatoms. The zero-order chi connectivity index (χ0) is 15.9. The molecule has 2 amide bonds. The molecular formula is C16H20N4O2. The number of benzene rings is 1. The van der Waals surface area contributed by atoms with Gasteiger partial charge in [0.1, 0.15) is 6.04 Å². The van der Waals surface area contributed by atoms with E-state index in [2.05, 4.69) is 20.6 Å². The Balaban J connectivity index is 1.97. The van der Waals surface area contributed by atoms with Crippen molar-refractivity contribution in [2.75, 3.05) is 0 Å². The summed E-state index contributed by atoms with van der Waals surface area (Å²) in [6.07, 6.45) is 3.56. The van der Waals surface area contributed by atoms with E-state index >= 15 is 0 Å². The number of imidazole rings is 1. The van der Waals surface area contributed by atoms with Crippen LogP contribution in [0.4, 0.5) is 0 Å². The van der Waals surface area contributed by atoms with E-state index < -0.39 is 6.04 Å². The predicted molar refractivity (Wildman–Crippen MR) is 82.9 cm³/mol. The van der Waals surface area contributed by atoms with E-state index in [9.17, 15) is 9.59 Å². The van der Waals surface area contributed by atoms with Gasteiger partial charge in [-0.05, 0) is 12.5 Å². The Morgan fingerprint density at radius 1 is 1.36 bits per heavy atom. The van der Waals surface area contributed by atoms with Crippen molar-refractivity contribution in [3.63, 3.8) is 0 Å². The molecule has 0 aliphatic heterocycles. The highest BCUT2D eigenvalue weighted by atomic mass is 16.2. The predicted octanol–water partition coefficient (Wildman–Crippen LogP) is 1.08. The van der Waals surface area contributed by atoms with Crippen molar-refractivity contribution in [1.29, 1.82) is 0 Å². The molecule has 0 unspecified atom stereocenters. The Kier molecular flexibility index (Phi) is 5.30. The molecule has 0 aliphatic carbocycles. The number of nitrogens with one attached hydrogen (secondary N) is 3. The average molecular weight is 300 g/mol. The van der Waals surface area contributed by atoms with Crippen molar-refractivity contribution in [3.05, 3.63) is 53.6 Å². The highest BCUT2D eigenvalue weighted by Crippen LogP contribution is 2.04. The van der Waals surface area contributed by atoms with E-state index in [0.29, 0.717) is 13.0 Å². The standard InChI is InChI=1S/C16H20N4O2/c1-11-4-3-5-13(6-11)8-18-16(22)15(20-12(2)21)7-14-9-17-10-19-14/h3-6,9-10,15H,7-8H2,1-2H3,(H,17,19)(H,18,22)(H,20,21)/t15-/m0/s1. The lowest BCUT2D eigenvalue weighted by atomic mass is 10.1. The van der Waals surface area contributed by atoms with Crippen LogP contribution in [0, 0.1) is 6.92 Å². The Morgan fingerprint density at radius 3 is 2.82 bits per heavy atom. The van der Waals surface area contributed by atoms with Crippen molar-refractivity contribution in [2.24, 2.45) is 0 Å². The average Bonchev–Trinajstić information content (AvgIpc) is 2.96. The molecular weight excluding hydrogens is 280 g/mol. The summed E-state index contributed by atoms with van der Waals surface area (Å²) in [5, 5.41) is 5.52. The topological polar surface area (TPSA) is 86.9 Å². The number of hydrogen-bond acceptors (Lipinski definition) is 3. The number of carbonyl (C=O) groups excluding carboxylic acids is 2. The second kappa shape index (κ2) is 7.40. The molecule has 1 atom stereocenters. The summed E-state index contributed by atoms with van der Waals surface area (Å²) in [5.41, 5.74) is 2.96. The van der Waals surface area contributed by atoms with Gasteiger partial charge in [0.2, 0.25) is 11.8 Å². The first-order chi connectivity index (χ1) is 10.5. The van der Waals surface area contributed by atoms with Crippen LogP contribution >= 0.6 is 0 Å². The van der Waals surface area contributed by atoms with Crippen LogP contribution in [0.5, 0.6) is 0 Å². The summed E-state index contributed by atoms with van der Waals surface area (Å²) in [7, 11) is 0. The van der Waals surface area contributed by atoms with E-state index in [1.165, 1.54) is 6.92 Å². The van der Waals surface area contributed by atoms with Crippen LogP contribution in [0.2, 0.25) is 0 Å². The maximum absolute atomic E-state index is 12.3. The van der Waals surface area contributed by atoms with E-state index in [-0.39, 0.29) is 11.8 Å². The first-order valence-electron chi connectivity index (χ1n) is 7.12. The zero-order valence-electron chi connectivity index (χ0n) is 12.7. The third-order valence-electron chi connectivity index (χ3n) is 3.22. The van der Waals surface area contributed by atoms with Crippen molar-refractivity contribution in [3.8, 4) is 0 Å². The summed E-state index contributed by atoms with van der Waals surface area (Å²) in [6, 6.07) is 7.30. The maximum Gasteiger partial charge on any atom is 0.243 e. The van der Waals surface area contributed by atoms with Crippen LogP contribution in [0.1, 0.15) is 23.7 Å². The Hall–Kier alpha value is -2.63. The van der Waals surface area contributed by atoms with E-state index in [1.54, 1.807) is 12.5 Å². The second-order valence-corrected chi connectivity index (χ2v) is 5.24. The van der Waals surface area contributed by atoms with Crippen molar-refractivity contribution in [1.82, 2.24) is 20.6 Å². The van der Waals surface area contributed by atoms with Crippen LogP contribution in [0.15, 0.2) is 36.8 Å². The number of aryl methyl sites for hydroxylation is 1. The van der Waals surface area contributed by atoms with Crippen LogP contribution < -0.4 is 10.6 Å². The number of rotatable bonds is 6. The molecule has 1 aromatic carbocycles. The van der Waals surface area contributed by atoms with Crippen molar-refractivity contribution >= 4 is 11.8 Å². The smallest absolute Gasteiger partial charge is 0.243 e. The van der Waals surface area contributed by atoms with Gasteiger partial charge in [0, 0.05) is 31.8 Å². The number of nitrogens with zero attached hydrogens (tertiary/aromatic N) is 1. The van der Waals surface area contributed by atoms with Gasteiger partial charge in [0.05, 0.1) is 6.33 Å². The molecule has 0 bridgehead atoms. The molecule has 116 valence electrons. The zero-order valence-corrected chi connectivity index (χ0v) is 12.7. The van der Waals surface area contributed by atoms with Gasteiger partial charge >= 0.3 is 0 Å². The lowest BCUT2D eigenvalue weighted by molar-refractivity contribution is -0.128. The molecule has 0 fully saturated rings. The maximum atomic E-state index is 12.3. The molecule has 2 aromatic rings. The molecule has 1 heterocycles. The molecule has 0 saturated heterocycles. The fourth-order valence-electron chi connectivity index (χ4n) is 2.21. The third-order valence-corrected chi connectivity index (χ3v) is 3.22. The fraction of sp³-hybridized carbons (Fsp3) is 0.312. The summed E-state index contributed by atoms with van der Waals surface area (Å²) in [4.78, 5) is 30.4. The number of carbonyl (C=O) groups is 2. The molecule has 2 rings (SSSR count). The van der Waals surface area contributed by atoms with Crippen LogP contribution in [0.3, 0.4) is 0 Å². The van der Waals surface area contributed by atoms with Gasteiger partial charge in [-0.15, -0.1) is 0 Å². The number of aromatic amines is 1. The van der Waals surface area contributed by atoms with Gasteiger partial charge in [-0.25, -0.2) is 4.98 Å². The van der Waals surface area contributed by atoms with E-state index in [0.717, 1.165) is 16.8 Å². The molecule has 0 radical (unpaired) electrons. The largest absolute Gasteiger partial charge is 0.350 e. The molecule has 0 aliphatic rings. The SMILES string of the molecule is CC(=O)N[C@@H](Cc1cnc[nH]1)C(=O)NCc1cccc(C)c1. The second-order valence-electron chi connectivity index (χ2n) is 5.24. The van der Waals surface area contributed by atoms with Crippen LogP contribution in [-0.4, -0.2) is 27.8 Å². The number of aromatic nitrogens is 2. The van der Waals surface area contributed by atoms with E-state index in [4.69, 9.17) is 0 Å². The van der Waals surface area contributed by atoms with Gasteiger partial charge in [0.15, 0.2) is 0 Å². The highest BCUT2D eigenvalue weighted by molar-refractivity contribution is 5.87. The first-order valence-corrected chi connectivity index (χ1v) is 7.12. The van der Waals surface area contributed by atoms with Gasteiger partial charge in [-0.2, -0.15) is 0 Å². The minimum absolute atomic E-state index is 0.216. The number of hydrogen-bond donors (Lipinski definition) is 3. The number of amides is 2. The monoisotopic (exact) mass is 300 g/mol. The fourth-order valence-corrected chi connectivity index (χ4v) is 2.21. The van der Waals surface area contributed by atoms with Gasteiger partial charge in [-0.1, -0.05) is 29.8 Å². The molecule has 22 heavy (non-hydrogen) atoms. The van der Waals surface area contributed by atoms with Crippen molar-refractivity contribution < 1.29 is 9.59 Å². The Bertz CT molecular complexity index is 637. The summed E-state index contributed by atoms with van der Waals surface area (Å²) in [6.45, 7) is 3.83. The number of H-pyrrole nitrogens is 1. The third kappa shape index (κ3) is 4.73. The molecule has 0 spiro atoms. The lowest BCUT2D eigenvalue weighted by Gasteiger charge is -2.17. The minimum atomic E-state index is -0.622. The Morgan fingerprint density at radius 2 is 2.18 bits per heavy atom. The molecule has 3 N–H and O–H groups in total. The molecule has 6 nitrogen and oxygen atoms in total. The Labute approximate surface area is 129 Å². The molecule has 1 aromatic heterocycles. The normalized spacial score (nSPS) is 11.7. The van der Waals surface area contributed by atoms with Gasteiger partial charge < -0.3 is 15.6 Å². The quantitative estimate of drug-likeness (QED) is 0.746. The minimum Gasteiger partial charge on any atom is -0.350 e. The lowest BCUT2D eigenvalue weighted by Crippen LogP contribution is -2.47. The summed E-state index contributed by atoms with van der Waals surface area (Å²) >= 11 is 0. The first kappa shape index (κ1) is 15.8.